The first-order valence-electron chi connectivity index (χ1n) is 9.45. The van der Waals surface area contributed by atoms with Gasteiger partial charge in [-0.3, -0.25) is 9.89 Å². The van der Waals surface area contributed by atoms with E-state index in [4.69, 9.17) is 23.7 Å². The van der Waals surface area contributed by atoms with E-state index in [1.807, 2.05) is 0 Å². The van der Waals surface area contributed by atoms with E-state index in [-0.39, 0.29) is 5.69 Å². The molecule has 0 aliphatic heterocycles. The number of nitrogens with zero attached hydrogens (tertiary/aromatic N) is 2. The Labute approximate surface area is 185 Å². The molecule has 0 atom stereocenters. The van der Waals surface area contributed by atoms with Crippen LogP contribution in [-0.4, -0.2) is 57.9 Å². The number of hydrazone groups is 1. The Morgan fingerprint density at radius 2 is 1.56 bits per heavy atom. The number of ether oxygens (including phenoxy) is 5. The minimum atomic E-state index is -0.471. The highest BCUT2D eigenvalue weighted by Crippen LogP contribution is 2.34. The first-order chi connectivity index (χ1) is 15.5. The molecule has 0 spiro atoms. The van der Waals surface area contributed by atoms with Crippen molar-refractivity contribution in [3.8, 4) is 40.0 Å². The van der Waals surface area contributed by atoms with Crippen LogP contribution in [0.15, 0.2) is 41.5 Å². The minimum absolute atomic E-state index is 0.223. The number of H-pyrrole nitrogens is 1. The lowest BCUT2D eigenvalue weighted by Gasteiger charge is -2.11. The van der Waals surface area contributed by atoms with Crippen molar-refractivity contribution in [2.24, 2.45) is 5.10 Å². The average Bonchev–Trinajstić information content (AvgIpc) is 3.33. The molecule has 3 rings (SSSR count). The van der Waals surface area contributed by atoms with Crippen LogP contribution in [-0.2, 0) is 0 Å². The predicted octanol–water partition coefficient (Wildman–Crippen LogP) is 2.88. The molecule has 1 aromatic heterocycles. The first-order valence-corrected chi connectivity index (χ1v) is 9.45. The van der Waals surface area contributed by atoms with Gasteiger partial charge in [0.25, 0.3) is 5.91 Å². The van der Waals surface area contributed by atoms with Crippen LogP contribution in [0.5, 0.6) is 28.7 Å². The molecule has 0 bridgehead atoms. The second-order valence-corrected chi connectivity index (χ2v) is 6.38. The number of hydrogen-bond donors (Lipinski definition) is 2. The van der Waals surface area contributed by atoms with Gasteiger partial charge in [-0.15, -0.1) is 0 Å². The summed E-state index contributed by atoms with van der Waals surface area (Å²) in [5, 5.41) is 10.9. The molecular formula is C22H24N4O6. The number of amides is 1. The Kier molecular flexibility index (Phi) is 7.17. The fourth-order valence-electron chi connectivity index (χ4n) is 2.96. The quantitative estimate of drug-likeness (QED) is 0.388. The fraction of sp³-hybridized carbons (Fsp3) is 0.227. The summed E-state index contributed by atoms with van der Waals surface area (Å²) in [6, 6.07) is 10.3. The molecule has 3 aromatic rings. The van der Waals surface area contributed by atoms with Gasteiger partial charge in [0.15, 0.2) is 11.5 Å². The van der Waals surface area contributed by atoms with Crippen LogP contribution in [0.1, 0.15) is 16.1 Å². The molecule has 2 N–H and O–H groups in total. The largest absolute Gasteiger partial charge is 0.497 e. The highest BCUT2D eigenvalue weighted by Gasteiger charge is 2.15. The van der Waals surface area contributed by atoms with Crippen LogP contribution < -0.4 is 29.1 Å². The number of carbonyl (C=O) groups excluding carboxylic acids is 1. The lowest BCUT2D eigenvalue weighted by Crippen LogP contribution is -2.18. The van der Waals surface area contributed by atoms with E-state index in [1.54, 1.807) is 50.6 Å². The third kappa shape index (κ3) is 4.75. The Morgan fingerprint density at radius 1 is 0.875 bits per heavy atom. The lowest BCUT2D eigenvalue weighted by atomic mass is 10.1. The predicted molar refractivity (Wildman–Crippen MR) is 118 cm³/mol. The van der Waals surface area contributed by atoms with Crippen LogP contribution in [0.3, 0.4) is 0 Å². The van der Waals surface area contributed by atoms with Crippen LogP contribution >= 0.6 is 0 Å². The highest BCUT2D eigenvalue weighted by molar-refractivity contribution is 5.94. The molecule has 168 valence electrons. The number of carbonyl (C=O) groups is 1. The SMILES string of the molecule is COc1ccc(OC)c(-c2cc(C(=O)N/N=C/c3cc(OC)c(OC)cc3OC)[nH]n2)c1. The number of nitrogens with one attached hydrogen (secondary N) is 2. The van der Waals surface area contributed by atoms with Gasteiger partial charge >= 0.3 is 0 Å². The minimum Gasteiger partial charge on any atom is -0.497 e. The zero-order valence-electron chi connectivity index (χ0n) is 18.4. The van der Waals surface area contributed by atoms with E-state index in [0.717, 1.165) is 0 Å². The standard InChI is InChI=1S/C22H24N4O6/c1-28-14-6-7-18(29-2)15(9-14)16-10-17(25-24-16)22(27)26-23-12-13-8-20(31-4)21(32-5)11-19(13)30-3/h6-12H,1-5H3,(H,24,25)(H,26,27)/b23-12+. The number of benzene rings is 2. The van der Waals surface area contributed by atoms with Crippen molar-refractivity contribution in [2.75, 3.05) is 35.5 Å². The summed E-state index contributed by atoms with van der Waals surface area (Å²) in [4.78, 5) is 12.5. The normalized spacial score (nSPS) is 10.7. The fourth-order valence-corrected chi connectivity index (χ4v) is 2.96. The smallest absolute Gasteiger partial charge is 0.289 e. The average molecular weight is 440 g/mol. The van der Waals surface area contributed by atoms with Gasteiger partial charge in [-0.1, -0.05) is 0 Å². The number of methoxy groups -OCH3 is 5. The molecule has 0 aliphatic rings. The summed E-state index contributed by atoms with van der Waals surface area (Å²) >= 11 is 0. The van der Waals surface area contributed by atoms with Crippen LogP contribution in [0.4, 0.5) is 0 Å². The molecule has 2 aromatic carbocycles. The van der Waals surface area contributed by atoms with E-state index in [2.05, 4.69) is 20.7 Å². The van der Waals surface area contributed by atoms with E-state index >= 15 is 0 Å². The van der Waals surface area contributed by atoms with Gasteiger partial charge < -0.3 is 23.7 Å². The molecule has 10 heteroatoms. The van der Waals surface area contributed by atoms with Crippen LogP contribution in [0.25, 0.3) is 11.3 Å². The maximum absolute atomic E-state index is 12.5. The molecule has 0 unspecified atom stereocenters. The summed E-state index contributed by atoms with van der Waals surface area (Å²) < 4.78 is 26.5. The van der Waals surface area contributed by atoms with E-state index < -0.39 is 5.91 Å². The summed E-state index contributed by atoms with van der Waals surface area (Å²) in [6.07, 6.45) is 1.45. The maximum atomic E-state index is 12.5. The van der Waals surface area contributed by atoms with Crippen molar-refractivity contribution >= 4 is 12.1 Å². The Balaban J connectivity index is 1.77. The zero-order valence-corrected chi connectivity index (χ0v) is 18.4. The van der Waals surface area contributed by atoms with E-state index in [0.29, 0.717) is 45.6 Å². The van der Waals surface area contributed by atoms with E-state index in [1.165, 1.54) is 27.5 Å². The van der Waals surface area contributed by atoms with Crippen molar-refractivity contribution in [1.82, 2.24) is 15.6 Å². The summed E-state index contributed by atoms with van der Waals surface area (Å²) in [5.41, 5.74) is 4.48. The van der Waals surface area contributed by atoms with Gasteiger partial charge in [0.1, 0.15) is 22.9 Å². The molecule has 1 heterocycles. The number of aromatic amines is 1. The Hall–Kier alpha value is -4.21. The van der Waals surface area contributed by atoms with Gasteiger partial charge in [0.2, 0.25) is 0 Å². The Bertz CT molecular complexity index is 1130. The molecule has 0 saturated carbocycles. The third-order valence-electron chi connectivity index (χ3n) is 4.61. The van der Waals surface area contributed by atoms with Gasteiger partial charge in [-0.05, 0) is 30.3 Å². The second kappa shape index (κ2) is 10.2. The Morgan fingerprint density at radius 3 is 2.22 bits per heavy atom. The van der Waals surface area contributed by atoms with Gasteiger partial charge in [0, 0.05) is 17.2 Å². The molecule has 0 saturated heterocycles. The zero-order chi connectivity index (χ0) is 23.1. The van der Waals surface area contributed by atoms with Crippen LogP contribution in [0.2, 0.25) is 0 Å². The molecule has 0 aliphatic carbocycles. The maximum Gasteiger partial charge on any atom is 0.289 e. The molecular weight excluding hydrogens is 416 g/mol. The molecule has 10 nitrogen and oxygen atoms in total. The third-order valence-corrected chi connectivity index (χ3v) is 4.61. The lowest BCUT2D eigenvalue weighted by molar-refractivity contribution is 0.0950. The second-order valence-electron chi connectivity index (χ2n) is 6.38. The summed E-state index contributed by atoms with van der Waals surface area (Å²) in [7, 11) is 7.71. The highest BCUT2D eigenvalue weighted by atomic mass is 16.5. The van der Waals surface area contributed by atoms with Crippen molar-refractivity contribution in [1.29, 1.82) is 0 Å². The van der Waals surface area contributed by atoms with Crippen LogP contribution in [0, 0.1) is 0 Å². The molecule has 0 fully saturated rings. The number of aromatic nitrogens is 2. The van der Waals surface area contributed by atoms with Gasteiger partial charge in [-0.25, -0.2) is 5.43 Å². The van der Waals surface area contributed by atoms with Gasteiger partial charge in [-0.2, -0.15) is 10.2 Å². The molecule has 0 radical (unpaired) electrons. The van der Waals surface area contributed by atoms with Crippen molar-refractivity contribution in [2.45, 2.75) is 0 Å². The monoisotopic (exact) mass is 440 g/mol. The summed E-state index contributed by atoms with van der Waals surface area (Å²) in [6.45, 7) is 0. The molecule has 1 amide bonds. The van der Waals surface area contributed by atoms with E-state index in [9.17, 15) is 4.79 Å². The first kappa shape index (κ1) is 22.5. The van der Waals surface area contributed by atoms with Gasteiger partial charge in [0.05, 0.1) is 47.5 Å². The number of hydrogen-bond acceptors (Lipinski definition) is 8. The summed E-state index contributed by atoms with van der Waals surface area (Å²) in [5.74, 6) is 2.30. The molecule has 32 heavy (non-hydrogen) atoms. The topological polar surface area (TPSA) is 116 Å². The van der Waals surface area contributed by atoms with Crippen molar-refractivity contribution in [3.63, 3.8) is 0 Å². The number of rotatable bonds is 9. The van der Waals surface area contributed by atoms with Crippen molar-refractivity contribution in [3.05, 3.63) is 47.7 Å². The van der Waals surface area contributed by atoms with Crippen molar-refractivity contribution < 1.29 is 28.5 Å².